The molecule has 0 aliphatic rings. The zero-order valence-corrected chi connectivity index (χ0v) is 13.0. The standard InChI is InChI=1S/C19H24FN/c1-14(2)19(17-9-11-18(20)12-10-17)21-13-15(3)16-7-5-4-6-8-16/h4-12,14-15,19,21H,13H2,1-3H3. The molecule has 0 spiro atoms. The molecule has 2 unspecified atom stereocenters. The molecule has 0 aliphatic carbocycles. The maximum Gasteiger partial charge on any atom is 0.123 e. The van der Waals surface area contributed by atoms with Crippen molar-refractivity contribution >= 4 is 0 Å². The van der Waals surface area contributed by atoms with Gasteiger partial charge in [-0.1, -0.05) is 63.2 Å². The van der Waals surface area contributed by atoms with Crippen molar-refractivity contribution < 1.29 is 4.39 Å². The third-order valence-electron chi connectivity index (χ3n) is 3.91. The molecule has 0 saturated heterocycles. The molecule has 2 aromatic rings. The Kier molecular flexibility index (Phi) is 5.51. The van der Waals surface area contributed by atoms with Crippen LogP contribution in [0.15, 0.2) is 54.6 Å². The van der Waals surface area contributed by atoms with E-state index in [-0.39, 0.29) is 11.9 Å². The highest BCUT2D eigenvalue weighted by atomic mass is 19.1. The predicted molar refractivity (Wildman–Crippen MR) is 86.8 cm³/mol. The summed E-state index contributed by atoms with van der Waals surface area (Å²) in [5.41, 5.74) is 2.48. The van der Waals surface area contributed by atoms with Gasteiger partial charge in [0.05, 0.1) is 0 Å². The molecule has 21 heavy (non-hydrogen) atoms. The molecule has 0 heterocycles. The molecule has 1 nitrogen and oxygen atoms in total. The van der Waals surface area contributed by atoms with Crippen LogP contribution in [-0.4, -0.2) is 6.54 Å². The lowest BCUT2D eigenvalue weighted by Gasteiger charge is -2.25. The Hall–Kier alpha value is -1.67. The molecule has 2 heteroatoms. The third kappa shape index (κ3) is 4.40. The van der Waals surface area contributed by atoms with Crippen molar-refractivity contribution in [3.8, 4) is 0 Å². The fraction of sp³-hybridized carbons (Fsp3) is 0.368. The van der Waals surface area contributed by atoms with Crippen molar-refractivity contribution in [2.45, 2.75) is 32.7 Å². The summed E-state index contributed by atoms with van der Waals surface area (Å²) in [5.74, 6) is 0.727. The van der Waals surface area contributed by atoms with Gasteiger partial charge in [-0.15, -0.1) is 0 Å². The average molecular weight is 285 g/mol. The highest BCUT2D eigenvalue weighted by Crippen LogP contribution is 2.23. The Morgan fingerprint density at radius 3 is 2.05 bits per heavy atom. The van der Waals surface area contributed by atoms with Gasteiger partial charge in [0.15, 0.2) is 0 Å². The van der Waals surface area contributed by atoms with E-state index in [1.807, 2.05) is 18.2 Å². The van der Waals surface area contributed by atoms with Gasteiger partial charge < -0.3 is 5.32 Å². The number of hydrogen-bond donors (Lipinski definition) is 1. The van der Waals surface area contributed by atoms with Crippen molar-refractivity contribution in [1.82, 2.24) is 5.32 Å². The van der Waals surface area contributed by atoms with E-state index in [0.717, 1.165) is 12.1 Å². The van der Waals surface area contributed by atoms with Gasteiger partial charge in [-0.25, -0.2) is 4.39 Å². The molecule has 2 rings (SSSR count). The van der Waals surface area contributed by atoms with Gasteiger partial charge in [0.25, 0.3) is 0 Å². The minimum Gasteiger partial charge on any atom is -0.309 e. The highest BCUT2D eigenvalue weighted by Gasteiger charge is 2.16. The molecule has 0 radical (unpaired) electrons. The van der Waals surface area contributed by atoms with Crippen LogP contribution in [0.2, 0.25) is 0 Å². The monoisotopic (exact) mass is 285 g/mol. The van der Waals surface area contributed by atoms with Crippen LogP contribution < -0.4 is 5.32 Å². The second-order valence-corrected chi connectivity index (χ2v) is 5.99. The Bertz CT molecular complexity index is 533. The van der Waals surface area contributed by atoms with Crippen LogP contribution in [0.25, 0.3) is 0 Å². The summed E-state index contributed by atoms with van der Waals surface area (Å²) in [6.45, 7) is 7.51. The molecular formula is C19H24FN. The van der Waals surface area contributed by atoms with Gasteiger partial charge in [-0.2, -0.15) is 0 Å². The van der Waals surface area contributed by atoms with Crippen molar-refractivity contribution in [3.05, 3.63) is 71.5 Å². The van der Waals surface area contributed by atoms with Gasteiger partial charge in [0.2, 0.25) is 0 Å². The predicted octanol–water partition coefficient (Wildman–Crippen LogP) is 4.92. The molecule has 1 N–H and O–H groups in total. The minimum atomic E-state index is -0.182. The van der Waals surface area contributed by atoms with Crippen LogP contribution in [0.3, 0.4) is 0 Å². The third-order valence-corrected chi connectivity index (χ3v) is 3.91. The van der Waals surface area contributed by atoms with Crippen LogP contribution >= 0.6 is 0 Å². The van der Waals surface area contributed by atoms with Crippen molar-refractivity contribution in [2.24, 2.45) is 5.92 Å². The zero-order valence-electron chi connectivity index (χ0n) is 13.0. The smallest absolute Gasteiger partial charge is 0.123 e. The SMILES string of the molecule is CC(CNC(c1ccc(F)cc1)C(C)C)c1ccccc1. The first-order chi connectivity index (χ1) is 10.1. The number of nitrogens with one attached hydrogen (secondary N) is 1. The maximum atomic E-state index is 13.1. The summed E-state index contributed by atoms with van der Waals surface area (Å²) in [7, 11) is 0. The van der Waals surface area contributed by atoms with E-state index >= 15 is 0 Å². The summed E-state index contributed by atoms with van der Waals surface area (Å²) in [4.78, 5) is 0. The quantitative estimate of drug-likeness (QED) is 0.794. The van der Waals surface area contributed by atoms with Gasteiger partial charge >= 0.3 is 0 Å². The molecule has 0 amide bonds. The first-order valence-electron chi connectivity index (χ1n) is 7.61. The second kappa shape index (κ2) is 7.37. The summed E-state index contributed by atoms with van der Waals surface area (Å²) in [6.07, 6.45) is 0. The number of halogens is 1. The maximum absolute atomic E-state index is 13.1. The molecule has 0 aliphatic heterocycles. The van der Waals surface area contributed by atoms with E-state index in [1.54, 1.807) is 0 Å². The van der Waals surface area contributed by atoms with Crippen LogP contribution in [0.4, 0.5) is 4.39 Å². The fourth-order valence-corrected chi connectivity index (χ4v) is 2.61. The lowest BCUT2D eigenvalue weighted by molar-refractivity contribution is 0.402. The lowest BCUT2D eigenvalue weighted by atomic mass is 9.94. The summed E-state index contributed by atoms with van der Waals surface area (Å²) >= 11 is 0. The molecule has 0 aromatic heterocycles. The van der Waals surface area contributed by atoms with Crippen LogP contribution in [0.1, 0.15) is 43.9 Å². The van der Waals surface area contributed by atoms with E-state index in [1.165, 1.54) is 17.7 Å². The van der Waals surface area contributed by atoms with E-state index in [0.29, 0.717) is 11.8 Å². The van der Waals surface area contributed by atoms with Crippen molar-refractivity contribution in [3.63, 3.8) is 0 Å². The molecule has 0 fully saturated rings. The number of rotatable bonds is 6. The first kappa shape index (κ1) is 15.7. The molecule has 2 atom stereocenters. The summed E-state index contributed by atoms with van der Waals surface area (Å²) < 4.78 is 13.1. The molecule has 112 valence electrons. The first-order valence-corrected chi connectivity index (χ1v) is 7.61. The van der Waals surface area contributed by atoms with E-state index in [4.69, 9.17) is 0 Å². The molecule has 0 saturated carbocycles. The second-order valence-electron chi connectivity index (χ2n) is 5.99. The largest absolute Gasteiger partial charge is 0.309 e. The molecule has 2 aromatic carbocycles. The molecule has 0 bridgehead atoms. The highest BCUT2D eigenvalue weighted by molar-refractivity contribution is 5.22. The normalized spacial score (nSPS) is 14.1. The van der Waals surface area contributed by atoms with Crippen molar-refractivity contribution in [2.75, 3.05) is 6.54 Å². The van der Waals surface area contributed by atoms with E-state index < -0.39 is 0 Å². The zero-order chi connectivity index (χ0) is 15.2. The fourth-order valence-electron chi connectivity index (χ4n) is 2.61. The number of benzene rings is 2. The Balaban J connectivity index is 2.02. The van der Waals surface area contributed by atoms with Crippen LogP contribution in [-0.2, 0) is 0 Å². The van der Waals surface area contributed by atoms with Gasteiger partial charge in [-0.05, 0) is 35.1 Å². The molecular weight excluding hydrogens is 261 g/mol. The Morgan fingerprint density at radius 1 is 0.857 bits per heavy atom. The van der Waals surface area contributed by atoms with Gasteiger partial charge in [0, 0.05) is 12.6 Å². The lowest BCUT2D eigenvalue weighted by Crippen LogP contribution is -2.29. The Labute approximate surface area is 127 Å². The minimum absolute atomic E-state index is 0.182. The van der Waals surface area contributed by atoms with Gasteiger partial charge in [0.1, 0.15) is 5.82 Å². The van der Waals surface area contributed by atoms with E-state index in [2.05, 4.69) is 50.4 Å². The summed E-state index contributed by atoms with van der Waals surface area (Å²) in [5, 5.41) is 3.63. The average Bonchev–Trinajstić information content (AvgIpc) is 2.49. The van der Waals surface area contributed by atoms with Crippen LogP contribution in [0.5, 0.6) is 0 Å². The van der Waals surface area contributed by atoms with Crippen molar-refractivity contribution in [1.29, 1.82) is 0 Å². The Morgan fingerprint density at radius 2 is 1.48 bits per heavy atom. The van der Waals surface area contributed by atoms with Crippen LogP contribution in [0, 0.1) is 11.7 Å². The van der Waals surface area contributed by atoms with Gasteiger partial charge in [-0.3, -0.25) is 0 Å². The topological polar surface area (TPSA) is 12.0 Å². The number of hydrogen-bond acceptors (Lipinski definition) is 1. The van der Waals surface area contributed by atoms with E-state index in [9.17, 15) is 4.39 Å². The summed E-state index contributed by atoms with van der Waals surface area (Å²) in [6, 6.07) is 17.6.